The minimum atomic E-state index is -4.53. The molecule has 1 aliphatic heterocycles. The third-order valence-electron chi connectivity index (χ3n) is 4.61. The zero-order valence-electron chi connectivity index (χ0n) is 14.4. The van der Waals surface area contributed by atoms with Crippen LogP contribution in [0.1, 0.15) is 18.4 Å². The second-order valence-corrected chi connectivity index (χ2v) is 6.43. The Balaban J connectivity index is 1.93. The Hall–Kier alpha value is -2.13. The zero-order chi connectivity index (χ0) is 19.3. The SMILES string of the molecule is CC(C(=O)NC(=O)NCC(F)(F)F)N1C[C@@H](CN)[C@H](c2ccccc2)C1. The van der Waals surface area contributed by atoms with Crippen LogP contribution in [0.5, 0.6) is 0 Å². The predicted molar refractivity (Wildman–Crippen MR) is 90.4 cm³/mol. The van der Waals surface area contributed by atoms with E-state index in [2.05, 4.69) is 0 Å². The minimum Gasteiger partial charge on any atom is -0.330 e. The molecule has 0 aromatic heterocycles. The van der Waals surface area contributed by atoms with Crippen LogP contribution in [0.25, 0.3) is 0 Å². The van der Waals surface area contributed by atoms with E-state index in [-0.39, 0.29) is 11.8 Å². The molecule has 3 atom stereocenters. The van der Waals surface area contributed by atoms with Gasteiger partial charge in [0, 0.05) is 19.0 Å². The van der Waals surface area contributed by atoms with E-state index in [1.165, 1.54) is 0 Å². The van der Waals surface area contributed by atoms with Crippen molar-refractivity contribution in [2.75, 3.05) is 26.2 Å². The Labute approximate surface area is 149 Å². The Kier molecular flexibility index (Phi) is 6.60. The molecule has 0 saturated carbocycles. The second-order valence-electron chi connectivity index (χ2n) is 6.43. The van der Waals surface area contributed by atoms with Gasteiger partial charge in [-0.3, -0.25) is 15.0 Å². The summed E-state index contributed by atoms with van der Waals surface area (Å²) in [7, 11) is 0. The second kappa shape index (κ2) is 8.50. The summed E-state index contributed by atoms with van der Waals surface area (Å²) in [5.41, 5.74) is 6.99. The summed E-state index contributed by atoms with van der Waals surface area (Å²) in [6.07, 6.45) is -4.53. The number of urea groups is 1. The number of nitrogens with one attached hydrogen (secondary N) is 2. The Bertz CT molecular complexity index is 624. The number of halogens is 3. The lowest BCUT2D eigenvalue weighted by molar-refractivity contribution is -0.126. The summed E-state index contributed by atoms with van der Waals surface area (Å²) < 4.78 is 36.3. The number of likely N-dealkylation sites (tertiary alicyclic amines) is 1. The van der Waals surface area contributed by atoms with Crippen molar-refractivity contribution in [1.29, 1.82) is 0 Å². The van der Waals surface area contributed by atoms with Gasteiger partial charge in [-0.25, -0.2) is 4.79 Å². The molecule has 0 radical (unpaired) electrons. The number of carbonyl (C=O) groups is 2. The van der Waals surface area contributed by atoms with Gasteiger partial charge in [-0.2, -0.15) is 13.2 Å². The number of imide groups is 1. The van der Waals surface area contributed by atoms with Gasteiger partial charge in [0.05, 0.1) is 6.04 Å². The third kappa shape index (κ3) is 5.43. The summed E-state index contributed by atoms with van der Waals surface area (Å²) in [6, 6.07) is 7.99. The maximum atomic E-state index is 12.2. The van der Waals surface area contributed by atoms with Crippen molar-refractivity contribution in [3.05, 3.63) is 35.9 Å². The first-order chi connectivity index (χ1) is 12.2. The molecular weight excluding hydrogens is 349 g/mol. The number of nitrogens with two attached hydrogens (primary N) is 1. The molecule has 0 spiro atoms. The van der Waals surface area contributed by atoms with E-state index in [1.54, 1.807) is 12.2 Å². The average Bonchev–Trinajstić information content (AvgIpc) is 3.03. The molecule has 1 saturated heterocycles. The molecule has 0 bridgehead atoms. The third-order valence-corrected chi connectivity index (χ3v) is 4.61. The number of alkyl halides is 3. The van der Waals surface area contributed by atoms with Crippen LogP contribution >= 0.6 is 0 Å². The van der Waals surface area contributed by atoms with Crippen LogP contribution < -0.4 is 16.4 Å². The quantitative estimate of drug-likeness (QED) is 0.730. The highest BCUT2D eigenvalue weighted by molar-refractivity contribution is 5.96. The van der Waals surface area contributed by atoms with Crippen molar-refractivity contribution in [3.8, 4) is 0 Å². The van der Waals surface area contributed by atoms with Crippen LogP contribution in [0, 0.1) is 5.92 Å². The molecule has 144 valence electrons. The van der Waals surface area contributed by atoms with E-state index < -0.39 is 30.7 Å². The van der Waals surface area contributed by atoms with Gasteiger partial charge in [-0.15, -0.1) is 0 Å². The smallest absolute Gasteiger partial charge is 0.330 e. The Morgan fingerprint density at radius 1 is 1.27 bits per heavy atom. The molecule has 4 N–H and O–H groups in total. The van der Waals surface area contributed by atoms with Gasteiger partial charge >= 0.3 is 12.2 Å². The highest BCUT2D eigenvalue weighted by Gasteiger charge is 2.37. The fourth-order valence-electron chi connectivity index (χ4n) is 3.14. The van der Waals surface area contributed by atoms with E-state index in [4.69, 9.17) is 5.73 Å². The van der Waals surface area contributed by atoms with E-state index in [0.717, 1.165) is 5.56 Å². The number of hydrogen-bond acceptors (Lipinski definition) is 4. The molecule has 1 aliphatic rings. The molecule has 1 aromatic rings. The molecular formula is C17H23F3N4O2. The summed E-state index contributed by atoms with van der Waals surface area (Å²) in [6.45, 7) is 1.75. The van der Waals surface area contributed by atoms with Gasteiger partial charge in [-0.1, -0.05) is 30.3 Å². The molecule has 9 heteroatoms. The molecule has 2 rings (SSSR count). The Morgan fingerprint density at radius 2 is 1.92 bits per heavy atom. The molecule has 1 fully saturated rings. The number of benzene rings is 1. The van der Waals surface area contributed by atoms with Crippen molar-refractivity contribution < 1.29 is 22.8 Å². The first kappa shape index (κ1) is 20.2. The lowest BCUT2D eigenvalue weighted by Crippen LogP contribution is -2.50. The van der Waals surface area contributed by atoms with Gasteiger partial charge in [0.15, 0.2) is 0 Å². The summed E-state index contributed by atoms with van der Waals surface area (Å²) in [5.74, 6) is -0.323. The van der Waals surface area contributed by atoms with Gasteiger partial charge in [0.1, 0.15) is 6.54 Å². The number of hydrogen-bond donors (Lipinski definition) is 3. The number of rotatable bonds is 5. The molecule has 1 unspecified atom stereocenters. The monoisotopic (exact) mass is 372 g/mol. The highest BCUT2D eigenvalue weighted by atomic mass is 19.4. The highest BCUT2D eigenvalue weighted by Crippen LogP contribution is 2.33. The Morgan fingerprint density at radius 3 is 2.50 bits per heavy atom. The maximum absolute atomic E-state index is 12.2. The first-order valence-electron chi connectivity index (χ1n) is 8.35. The van der Waals surface area contributed by atoms with E-state index in [9.17, 15) is 22.8 Å². The number of nitrogens with zero attached hydrogens (tertiary/aromatic N) is 1. The van der Waals surface area contributed by atoms with Crippen molar-refractivity contribution in [2.45, 2.75) is 25.1 Å². The summed E-state index contributed by atoms with van der Waals surface area (Å²) in [4.78, 5) is 25.5. The largest absolute Gasteiger partial charge is 0.405 e. The van der Waals surface area contributed by atoms with Crippen molar-refractivity contribution >= 4 is 11.9 Å². The fourth-order valence-corrected chi connectivity index (χ4v) is 3.14. The molecule has 1 aromatic carbocycles. The molecule has 6 nitrogen and oxygen atoms in total. The van der Waals surface area contributed by atoms with Crippen LogP contribution in [-0.4, -0.2) is 55.2 Å². The normalized spacial score (nSPS) is 22.0. The van der Waals surface area contributed by atoms with Gasteiger partial charge in [-0.05, 0) is 24.9 Å². The fraction of sp³-hybridized carbons (Fsp3) is 0.529. The molecule has 3 amide bonds. The lowest BCUT2D eigenvalue weighted by Gasteiger charge is -2.23. The van der Waals surface area contributed by atoms with E-state index in [0.29, 0.717) is 19.6 Å². The lowest BCUT2D eigenvalue weighted by atomic mass is 9.89. The van der Waals surface area contributed by atoms with Crippen LogP contribution in [0.2, 0.25) is 0 Å². The average molecular weight is 372 g/mol. The predicted octanol–water partition coefficient (Wildman–Crippen LogP) is 1.44. The van der Waals surface area contributed by atoms with Gasteiger partial charge in [0.2, 0.25) is 5.91 Å². The number of carbonyl (C=O) groups excluding carboxylic acids is 2. The molecule has 26 heavy (non-hydrogen) atoms. The molecule has 1 heterocycles. The zero-order valence-corrected chi connectivity index (χ0v) is 14.4. The summed E-state index contributed by atoms with van der Waals surface area (Å²) >= 11 is 0. The van der Waals surface area contributed by atoms with Crippen LogP contribution in [-0.2, 0) is 4.79 Å². The van der Waals surface area contributed by atoms with Crippen LogP contribution in [0.4, 0.5) is 18.0 Å². The van der Waals surface area contributed by atoms with Crippen molar-refractivity contribution in [2.24, 2.45) is 11.7 Å². The standard InChI is InChI=1S/C17H23F3N4O2/c1-11(15(25)23-16(26)22-10-17(18,19)20)24-8-13(7-21)14(9-24)12-5-3-2-4-6-12/h2-6,11,13-14H,7-10,21H2,1H3,(H2,22,23,25,26)/t11?,13-,14+/m1/s1. The van der Waals surface area contributed by atoms with Crippen molar-refractivity contribution in [3.63, 3.8) is 0 Å². The van der Waals surface area contributed by atoms with Gasteiger partial charge < -0.3 is 11.1 Å². The van der Waals surface area contributed by atoms with Crippen molar-refractivity contribution in [1.82, 2.24) is 15.5 Å². The van der Waals surface area contributed by atoms with Gasteiger partial charge in [0.25, 0.3) is 0 Å². The van der Waals surface area contributed by atoms with Crippen LogP contribution in [0.3, 0.4) is 0 Å². The van der Waals surface area contributed by atoms with Crippen LogP contribution in [0.15, 0.2) is 30.3 Å². The first-order valence-corrected chi connectivity index (χ1v) is 8.35. The maximum Gasteiger partial charge on any atom is 0.405 e. The van der Waals surface area contributed by atoms with E-state index >= 15 is 0 Å². The molecule has 0 aliphatic carbocycles. The topological polar surface area (TPSA) is 87.5 Å². The summed E-state index contributed by atoms with van der Waals surface area (Å²) in [5, 5.41) is 3.57. The van der Waals surface area contributed by atoms with E-state index in [1.807, 2.05) is 40.5 Å². The minimum absolute atomic E-state index is 0.159. The number of amides is 3.